The van der Waals surface area contributed by atoms with Gasteiger partial charge in [-0.1, -0.05) is 15.9 Å². The number of rotatable bonds is 5. The van der Waals surface area contributed by atoms with Gasteiger partial charge in [0.25, 0.3) is 0 Å². The molecule has 0 aromatic carbocycles. The summed E-state index contributed by atoms with van der Waals surface area (Å²) in [6, 6.07) is 0. The van der Waals surface area contributed by atoms with E-state index in [1.54, 1.807) is 0 Å². The van der Waals surface area contributed by atoms with E-state index in [1.165, 1.54) is 0 Å². The molecule has 2 unspecified atom stereocenters. The number of hydrogen-bond donors (Lipinski definition) is 1. The lowest BCUT2D eigenvalue weighted by Crippen LogP contribution is -2.29. The normalized spacial score (nSPS) is 16.1. The van der Waals surface area contributed by atoms with Crippen molar-refractivity contribution in [3.8, 4) is 0 Å². The van der Waals surface area contributed by atoms with E-state index in [-0.39, 0.29) is 0 Å². The van der Waals surface area contributed by atoms with E-state index in [1.807, 2.05) is 0 Å². The smallest absolute Gasteiger partial charge is 0.308 e. The monoisotopic (exact) mass is 296 g/mol. The van der Waals surface area contributed by atoms with Gasteiger partial charge in [-0.05, 0) is 6.42 Å². The van der Waals surface area contributed by atoms with Crippen LogP contribution in [0.5, 0.6) is 0 Å². The number of carboxylic acids is 1. The standard InChI is InChI=1S/C6H8BrCl3O2/c7-2-1-3(6(11)12)4(8)5(9)10/h3-5H,1-2H2,(H,11,12). The third-order valence-corrected chi connectivity index (χ3v) is 3.18. The predicted molar refractivity (Wildman–Crippen MR) is 54.7 cm³/mol. The Labute approximate surface area is 94.3 Å². The van der Waals surface area contributed by atoms with Gasteiger partial charge in [0.15, 0.2) is 0 Å². The summed E-state index contributed by atoms with van der Waals surface area (Å²) in [5, 5.41) is 8.52. The zero-order valence-electron chi connectivity index (χ0n) is 6.01. The van der Waals surface area contributed by atoms with Crippen molar-refractivity contribution in [1.29, 1.82) is 0 Å². The van der Waals surface area contributed by atoms with Crippen molar-refractivity contribution >= 4 is 56.7 Å². The van der Waals surface area contributed by atoms with Gasteiger partial charge in [-0.2, -0.15) is 0 Å². The van der Waals surface area contributed by atoms with Crippen molar-refractivity contribution in [3.63, 3.8) is 0 Å². The van der Waals surface area contributed by atoms with Gasteiger partial charge in [-0.3, -0.25) is 4.79 Å². The van der Waals surface area contributed by atoms with Crippen molar-refractivity contribution in [2.75, 3.05) is 5.33 Å². The second kappa shape index (κ2) is 6.30. The predicted octanol–water partition coefficient (Wildman–Crippen LogP) is 2.88. The Morgan fingerprint density at radius 2 is 1.92 bits per heavy atom. The SMILES string of the molecule is O=C(O)C(CCBr)C(Cl)C(Cl)Cl. The Balaban J connectivity index is 4.18. The van der Waals surface area contributed by atoms with Gasteiger partial charge in [-0.15, -0.1) is 34.8 Å². The highest BCUT2D eigenvalue weighted by Crippen LogP contribution is 2.25. The molecule has 6 heteroatoms. The van der Waals surface area contributed by atoms with E-state index >= 15 is 0 Å². The van der Waals surface area contributed by atoms with Crippen LogP contribution < -0.4 is 0 Å². The minimum Gasteiger partial charge on any atom is -0.481 e. The molecule has 0 saturated carbocycles. The number of halogens is 4. The molecule has 0 radical (unpaired) electrons. The third kappa shape index (κ3) is 4.17. The van der Waals surface area contributed by atoms with Gasteiger partial charge in [0, 0.05) is 5.33 Å². The summed E-state index contributed by atoms with van der Waals surface area (Å²) in [6.07, 6.45) is 0.416. The lowest BCUT2D eigenvalue weighted by Gasteiger charge is -2.17. The Morgan fingerprint density at radius 3 is 2.17 bits per heavy atom. The highest BCUT2D eigenvalue weighted by molar-refractivity contribution is 9.09. The van der Waals surface area contributed by atoms with Gasteiger partial charge in [-0.25, -0.2) is 0 Å². The first-order valence-electron chi connectivity index (χ1n) is 3.21. The minimum atomic E-state index is -0.972. The van der Waals surface area contributed by atoms with Crippen LogP contribution in [0, 0.1) is 5.92 Å². The first kappa shape index (κ1) is 12.8. The number of carboxylic acid groups (broad SMARTS) is 1. The molecule has 0 rings (SSSR count). The molecule has 0 saturated heterocycles. The Kier molecular flexibility index (Phi) is 6.73. The van der Waals surface area contributed by atoms with Crippen molar-refractivity contribution < 1.29 is 9.90 Å². The molecule has 0 fully saturated rings. The van der Waals surface area contributed by atoms with Gasteiger partial charge in [0.2, 0.25) is 0 Å². The first-order valence-corrected chi connectivity index (χ1v) is 5.64. The van der Waals surface area contributed by atoms with Crippen molar-refractivity contribution in [2.24, 2.45) is 5.92 Å². The molecule has 2 atom stereocenters. The average molecular weight is 298 g/mol. The molecular formula is C6H8BrCl3O2. The zero-order valence-corrected chi connectivity index (χ0v) is 9.87. The molecule has 0 aromatic heterocycles. The molecule has 0 spiro atoms. The maximum Gasteiger partial charge on any atom is 0.308 e. The molecule has 0 bridgehead atoms. The molecule has 0 amide bonds. The number of aliphatic carboxylic acids is 1. The second-order valence-corrected chi connectivity index (χ2v) is 4.66. The summed E-state index contributed by atoms with van der Waals surface area (Å²) >= 11 is 19.7. The topological polar surface area (TPSA) is 37.3 Å². The van der Waals surface area contributed by atoms with E-state index in [9.17, 15) is 4.79 Å². The molecule has 2 nitrogen and oxygen atoms in total. The number of carbonyl (C=O) groups is 1. The highest BCUT2D eigenvalue weighted by Gasteiger charge is 2.30. The van der Waals surface area contributed by atoms with Gasteiger partial charge in [0.1, 0.15) is 4.84 Å². The third-order valence-electron chi connectivity index (χ3n) is 1.36. The fourth-order valence-corrected chi connectivity index (χ4v) is 1.79. The molecule has 0 heterocycles. The summed E-state index contributed by atoms with van der Waals surface area (Å²) in [4.78, 5) is 9.76. The summed E-state index contributed by atoms with van der Waals surface area (Å²) in [5.41, 5.74) is 0. The van der Waals surface area contributed by atoms with Crippen LogP contribution in [-0.2, 0) is 4.79 Å². The van der Waals surface area contributed by atoms with E-state index in [0.29, 0.717) is 11.8 Å². The lowest BCUT2D eigenvalue weighted by molar-refractivity contribution is -0.141. The fraction of sp³-hybridized carbons (Fsp3) is 0.833. The molecule has 72 valence electrons. The van der Waals surface area contributed by atoms with Crippen molar-refractivity contribution in [2.45, 2.75) is 16.6 Å². The number of alkyl halides is 4. The Bertz CT molecular complexity index is 154. The minimum absolute atomic E-state index is 0.416. The van der Waals surface area contributed by atoms with E-state index in [0.717, 1.165) is 0 Å². The second-order valence-electron chi connectivity index (χ2n) is 2.20. The van der Waals surface area contributed by atoms with Crippen LogP contribution in [0.25, 0.3) is 0 Å². The summed E-state index contributed by atoms with van der Waals surface area (Å²) in [7, 11) is 0. The zero-order chi connectivity index (χ0) is 9.72. The molecule has 0 aromatic rings. The van der Waals surface area contributed by atoms with Crippen LogP contribution in [0.1, 0.15) is 6.42 Å². The van der Waals surface area contributed by atoms with Gasteiger partial charge < -0.3 is 5.11 Å². The van der Waals surface area contributed by atoms with E-state index in [2.05, 4.69) is 15.9 Å². The van der Waals surface area contributed by atoms with Crippen LogP contribution in [0.15, 0.2) is 0 Å². The molecule has 1 N–H and O–H groups in total. The summed E-state index contributed by atoms with van der Waals surface area (Å²) in [5.74, 6) is -1.67. The van der Waals surface area contributed by atoms with Crippen LogP contribution >= 0.6 is 50.7 Å². The first-order chi connectivity index (χ1) is 5.50. The van der Waals surface area contributed by atoms with Crippen molar-refractivity contribution in [3.05, 3.63) is 0 Å². The number of hydrogen-bond acceptors (Lipinski definition) is 1. The average Bonchev–Trinajstić information content (AvgIpc) is 1.98. The molecule has 12 heavy (non-hydrogen) atoms. The van der Waals surface area contributed by atoms with Crippen LogP contribution in [0.4, 0.5) is 0 Å². The largest absolute Gasteiger partial charge is 0.481 e. The maximum absolute atomic E-state index is 10.6. The Hall–Kier alpha value is 0.820. The van der Waals surface area contributed by atoms with Crippen LogP contribution in [-0.4, -0.2) is 26.6 Å². The van der Waals surface area contributed by atoms with Crippen LogP contribution in [0.2, 0.25) is 0 Å². The van der Waals surface area contributed by atoms with Crippen molar-refractivity contribution in [1.82, 2.24) is 0 Å². The molecule has 0 aliphatic carbocycles. The Morgan fingerprint density at radius 1 is 1.42 bits per heavy atom. The van der Waals surface area contributed by atoms with Crippen LogP contribution in [0.3, 0.4) is 0 Å². The van der Waals surface area contributed by atoms with E-state index < -0.39 is 22.1 Å². The maximum atomic E-state index is 10.6. The highest BCUT2D eigenvalue weighted by atomic mass is 79.9. The summed E-state index contributed by atoms with van der Waals surface area (Å²) in [6.45, 7) is 0. The summed E-state index contributed by atoms with van der Waals surface area (Å²) < 4.78 is 0. The van der Waals surface area contributed by atoms with E-state index in [4.69, 9.17) is 39.9 Å². The van der Waals surface area contributed by atoms with Gasteiger partial charge >= 0.3 is 5.97 Å². The quantitative estimate of drug-likeness (QED) is 0.793. The molecule has 0 aliphatic rings. The fourth-order valence-electron chi connectivity index (χ4n) is 0.712. The lowest BCUT2D eigenvalue weighted by atomic mass is 10.0. The molecular weight excluding hydrogens is 290 g/mol. The van der Waals surface area contributed by atoms with Gasteiger partial charge in [0.05, 0.1) is 11.3 Å². The molecule has 0 aliphatic heterocycles.